The van der Waals surface area contributed by atoms with Gasteiger partial charge in [0.25, 0.3) is 30.4 Å². The van der Waals surface area contributed by atoms with Gasteiger partial charge in [-0.05, 0) is 27.1 Å². The van der Waals surface area contributed by atoms with Crippen LogP contribution in [0.5, 0.6) is 0 Å². The molecule has 1 aliphatic carbocycles. The van der Waals surface area contributed by atoms with Crippen molar-refractivity contribution in [2.24, 2.45) is 5.73 Å². The number of rotatable bonds is 3. The van der Waals surface area contributed by atoms with Gasteiger partial charge in [0.2, 0.25) is 0 Å². The van der Waals surface area contributed by atoms with E-state index in [2.05, 4.69) is 0 Å². The average Bonchev–Trinajstić information content (AvgIpc) is 2.57. The van der Waals surface area contributed by atoms with Gasteiger partial charge in [-0.3, -0.25) is 13.7 Å². The van der Waals surface area contributed by atoms with Gasteiger partial charge in [0.1, 0.15) is 4.91 Å². The van der Waals surface area contributed by atoms with E-state index in [4.69, 9.17) is 5.73 Å². The maximum Gasteiger partial charge on any atom is 0.292 e. The van der Waals surface area contributed by atoms with Crippen LogP contribution in [0.2, 0.25) is 0 Å². The second kappa shape index (κ2) is 5.72. The summed E-state index contributed by atoms with van der Waals surface area (Å²) >= 11 is 0. The van der Waals surface area contributed by atoms with Crippen LogP contribution in [-0.2, 0) is 35.2 Å². The lowest BCUT2D eigenvalue weighted by Gasteiger charge is -2.37. The summed E-state index contributed by atoms with van der Waals surface area (Å²) < 4.78 is 102. The van der Waals surface area contributed by atoms with Crippen LogP contribution < -0.4 is 11.0 Å². The standard InChI is InChI=1S/C16H13NO9S3/c17-16(29(24,25)26)11-7-5-9-3-1-2-8-4-6-10(13(11)12(8)9)14(27(18,19)20)15(16)28(21,22)23/h1-7,15H,17H2,(H,18,19,20)(H,21,22,23)(H,24,25,26). The first-order valence-corrected chi connectivity index (χ1v) is 12.3. The van der Waals surface area contributed by atoms with Gasteiger partial charge in [-0.25, -0.2) is 0 Å². The number of nitrogens with two attached hydrogens (primary N) is 1. The Morgan fingerprint density at radius 3 is 1.83 bits per heavy atom. The molecule has 10 nitrogen and oxygen atoms in total. The van der Waals surface area contributed by atoms with Crippen molar-refractivity contribution in [3.05, 3.63) is 53.2 Å². The highest BCUT2D eigenvalue weighted by atomic mass is 32.2. The Labute approximate surface area is 164 Å². The van der Waals surface area contributed by atoms with E-state index in [9.17, 15) is 38.9 Å². The predicted molar refractivity (Wildman–Crippen MR) is 104 cm³/mol. The second-order valence-corrected chi connectivity index (χ2v) is 11.2. The fourth-order valence-electron chi connectivity index (χ4n) is 4.00. The number of hydrogen-bond acceptors (Lipinski definition) is 7. The summed E-state index contributed by atoms with van der Waals surface area (Å²) in [4.78, 5) is -4.65. The fourth-order valence-corrected chi connectivity index (χ4v) is 8.24. The molecule has 2 atom stereocenters. The molecule has 4 rings (SSSR count). The van der Waals surface area contributed by atoms with E-state index in [1.54, 1.807) is 18.2 Å². The maximum atomic E-state index is 12.3. The van der Waals surface area contributed by atoms with Crippen LogP contribution in [0.4, 0.5) is 0 Å². The van der Waals surface area contributed by atoms with E-state index in [0.29, 0.717) is 16.2 Å². The van der Waals surface area contributed by atoms with Gasteiger partial charge < -0.3 is 5.73 Å². The van der Waals surface area contributed by atoms with Gasteiger partial charge in [-0.1, -0.05) is 42.5 Å². The topological polar surface area (TPSA) is 189 Å². The second-order valence-electron chi connectivity index (χ2n) is 6.68. The first-order chi connectivity index (χ1) is 13.2. The van der Waals surface area contributed by atoms with Crippen molar-refractivity contribution in [3.8, 4) is 0 Å². The van der Waals surface area contributed by atoms with Gasteiger partial charge in [0, 0.05) is 5.22 Å². The van der Waals surface area contributed by atoms with Gasteiger partial charge in [-0.2, -0.15) is 25.3 Å². The molecule has 5 N–H and O–H groups in total. The molecule has 3 aromatic carbocycles. The lowest BCUT2D eigenvalue weighted by molar-refractivity contribution is 0.411. The van der Waals surface area contributed by atoms with Crippen molar-refractivity contribution in [2.45, 2.75) is 10.1 Å². The van der Waals surface area contributed by atoms with E-state index >= 15 is 0 Å². The molecule has 0 saturated carbocycles. The van der Waals surface area contributed by atoms with Crippen LogP contribution in [0.15, 0.2) is 42.5 Å². The zero-order valence-corrected chi connectivity index (χ0v) is 16.7. The summed E-state index contributed by atoms with van der Waals surface area (Å²) in [5.74, 6) is 0. The van der Waals surface area contributed by atoms with Crippen LogP contribution in [0.25, 0.3) is 26.5 Å². The van der Waals surface area contributed by atoms with Crippen LogP contribution in [0.1, 0.15) is 5.56 Å². The van der Waals surface area contributed by atoms with Gasteiger partial charge in [-0.15, -0.1) is 0 Å². The molecule has 29 heavy (non-hydrogen) atoms. The van der Waals surface area contributed by atoms with Crippen molar-refractivity contribution >= 4 is 56.8 Å². The molecule has 0 radical (unpaired) electrons. The first kappa shape index (κ1) is 20.2. The summed E-state index contributed by atoms with van der Waals surface area (Å²) in [7, 11) is -16.5. The minimum Gasteiger partial charge on any atom is -0.305 e. The smallest absolute Gasteiger partial charge is 0.292 e. The summed E-state index contributed by atoms with van der Waals surface area (Å²) in [6.45, 7) is 0. The lowest BCUT2D eigenvalue weighted by atomic mass is 9.87. The SMILES string of the molecule is NC1(S(=O)(=O)O)c2ccc3cccc4ccc(c2c34)=C(S(=O)(=O)O)C1S(=O)(=O)O. The third-order valence-electron chi connectivity index (χ3n) is 5.09. The van der Waals surface area contributed by atoms with E-state index in [1.807, 2.05) is 0 Å². The monoisotopic (exact) mass is 459 g/mol. The summed E-state index contributed by atoms with van der Waals surface area (Å²) in [6.07, 6.45) is 0. The zero-order chi connectivity index (χ0) is 21.6. The molecule has 0 aromatic heterocycles. The maximum absolute atomic E-state index is 12.3. The molecule has 0 spiro atoms. The van der Waals surface area contributed by atoms with E-state index in [-0.39, 0.29) is 10.6 Å². The molecule has 3 aromatic rings. The molecule has 2 unspecified atom stereocenters. The Balaban J connectivity index is 2.49. The Bertz CT molecular complexity index is 1580. The van der Waals surface area contributed by atoms with Crippen LogP contribution in [-0.4, -0.2) is 44.2 Å². The highest BCUT2D eigenvalue weighted by molar-refractivity contribution is 7.98. The average molecular weight is 459 g/mol. The largest absolute Gasteiger partial charge is 0.305 e. The molecule has 0 heterocycles. The third kappa shape index (κ3) is 2.63. The Kier molecular flexibility index (Phi) is 3.98. The molecule has 0 fully saturated rings. The predicted octanol–water partition coefficient (Wildman–Crippen LogP) is -0.0228. The third-order valence-corrected chi connectivity index (χ3v) is 8.92. The quantitative estimate of drug-likeness (QED) is 0.387. The van der Waals surface area contributed by atoms with E-state index < -0.39 is 50.9 Å². The van der Waals surface area contributed by atoms with Crippen LogP contribution in [0, 0.1) is 0 Å². The first-order valence-electron chi connectivity index (χ1n) is 7.87. The van der Waals surface area contributed by atoms with Crippen molar-refractivity contribution in [2.75, 3.05) is 0 Å². The minimum absolute atomic E-state index is 0.0757. The molecular weight excluding hydrogens is 446 g/mol. The molecular formula is C16H13NO9S3. The van der Waals surface area contributed by atoms with Gasteiger partial charge in [0.05, 0.1) is 0 Å². The highest BCUT2D eigenvalue weighted by Gasteiger charge is 2.60. The highest BCUT2D eigenvalue weighted by Crippen LogP contribution is 2.44. The normalized spacial score (nSPS) is 23.0. The molecule has 154 valence electrons. The summed E-state index contributed by atoms with van der Waals surface area (Å²) in [6, 6.07) is 10.1. The fraction of sp³-hybridized carbons (Fsp3) is 0.125. The molecule has 0 saturated heterocycles. The molecule has 0 aliphatic heterocycles. The van der Waals surface area contributed by atoms with Crippen molar-refractivity contribution in [1.82, 2.24) is 0 Å². The molecule has 0 bridgehead atoms. The van der Waals surface area contributed by atoms with Gasteiger partial charge >= 0.3 is 0 Å². The number of benzene rings is 3. The molecule has 0 amide bonds. The number of hydrogen-bond donors (Lipinski definition) is 4. The van der Waals surface area contributed by atoms with Crippen LogP contribution >= 0.6 is 0 Å². The van der Waals surface area contributed by atoms with E-state index in [0.717, 1.165) is 6.07 Å². The summed E-state index contributed by atoms with van der Waals surface area (Å²) in [5.41, 5.74) is 5.45. The van der Waals surface area contributed by atoms with Crippen LogP contribution in [0.3, 0.4) is 0 Å². The van der Waals surface area contributed by atoms with E-state index in [1.165, 1.54) is 18.2 Å². The minimum atomic E-state index is -5.56. The zero-order valence-electron chi connectivity index (χ0n) is 14.2. The Morgan fingerprint density at radius 1 is 0.793 bits per heavy atom. The van der Waals surface area contributed by atoms with Crippen molar-refractivity contribution in [1.29, 1.82) is 0 Å². The summed E-state index contributed by atoms with van der Waals surface area (Å²) in [5, 5.41) is -1.90. The van der Waals surface area contributed by atoms with Gasteiger partial charge in [0.15, 0.2) is 10.1 Å². The van der Waals surface area contributed by atoms with Crippen molar-refractivity contribution < 1.29 is 38.9 Å². The molecule has 13 heteroatoms. The molecule has 1 aliphatic rings. The van der Waals surface area contributed by atoms with Crippen molar-refractivity contribution in [3.63, 3.8) is 0 Å². The Hall–Kier alpha value is -2.13. The lowest BCUT2D eigenvalue weighted by Crippen LogP contribution is -2.60. The Morgan fingerprint density at radius 2 is 1.34 bits per heavy atom.